The van der Waals surface area contributed by atoms with Gasteiger partial charge in [0.05, 0.1) is 0 Å². The predicted molar refractivity (Wildman–Crippen MR) is 84.4 cm³/mol. The SMILES string of the molecule is Cc1ccc(C(=O)CCc2ccc(C(C)C)cc2)cc1. The Hall–Kier alpha value is -1.89. The molecule has 0 fully saturated rings. The zero-order valence-electron chi connectivity index (χ0n) is 12.5. The molecule has 0 spiro atoms. The fourth-order valence-electron chi connectivity index (χ4n) is 2.21. The first-order valence-corrected chi connectivity index (χ1v) is 7.25. The van der Waals surface area contributed by atoms with Gasteiger partial charge in [0.25, 0.3) is 0 Å². The van der Waals surface area contributed by atoms with Crippen molar-refractivity contribution < 1.29 is 4.79 Å². The number of hydrogen-bond donors (Lipinski definition) is 0. The van der Waals surface area contributed by atoms with Crippen molar-refractivity contribution in [1.82, 2.24) is 0 Å². The largest absolute Gasteiger partial charge is 0.294 e. The number of carbonyl (C=O) groups excluding carboxylic acids is 1. The summed E-state index contributed by atoms with van der Waals surface area (Å²) in [6, 6.07) is 16.4. The second kappa shape index (κ2) is 6.51. The van der Waals surface area contributed by atoms with Gasteiger partial charge in [-0.05, 0) is 30.4 Å². The molecule has 1 nitrogen and oxygen atoms in total. The van der Waals surface area contributed by atoms with E-state index in [-0.39, 0.29) is 5.78 Å². The number of carbonyl (C=O) groups is 1. The Morgan fingerprint density at radius 2 is 1.55 bits per heavy atom. The maximum absolute atomic E-state index is 12.1. The van der Waals surface area contributed by atoms with Gasteiger partial charge in [-0.25, -0.2) is 0 Å². The monoisotopic (exact) mass is 266 g/mol. The zero-order valence-corrected chi connectivity index (χ0v) is 12.5. The number of Topliss-reactive ketones (excluding diaryl/α,β-unsaturated/α-hetero) is 1. The third-order valence-electron chi connectivity index (χ3n) is 3.66. The van der Waals surface area contributed by atoms with E-state index in [0.29, 0.717) is 12.3 Å². The van der Waals surface area contributed by atoms with E-state index in [1.54, 1.807) is 0 Å². The first kappa shape index (κ1) is 14.5. The molecule has 0 N–H and O–H groups in total. The lowest BCUT2D eigenvalue weighted by atomic mass is 9.98. The molecule has 0 amide bonds. The van der Waals surface area contributed by atoms with Gasteiger partial charge in [-0.3, -0.25) is 4.79 Å². The van der Waals surface area contributed by atoms with Gasteiger partial charge in [-0.2, -0.15) is 0 Å². The maximum Gasteiger partial charge on any atom is 0.163 e. The van der Waals surface area contributed by atoms with Crippen LogP contribution >= 0.6 is 0 Å². The quantitative estimate of drug-likeness (QED) is 0.701. The highest BCUT2D eigenvalue weighted by molar-refractivity contribution is 5.96. The molecule has 0 aliphatic carbocycles. The molecule has 0 heterocycles. The second-order valence-electron chi connectivity index (χ2n) is 5.69. The normalized spacial score (nSPS) is 10.8. The van der Waals surface area contributed by atoms with Gasteiger partial charge < -0.3 is 0 Å². The molecule has 0 saturated heterocycles. The molecule has 0 radical (unpaired) electrons. The zero-order chi connectivity index (χ0) is 14.5. The van der Waals surface area contributed by atoms with E-state index in [2.05, 4.69) is 38.1 Å². The van der Waals surface area contributed by atoms with Gasteiger partial charge in [0.15, 0.2) is 5.78 Å². The van der Waals surface area contributed by atoms with Crippen LogP contribution in [-0.2, 0) is 6.42 Å². The van der Waals surface area contributed by atoms with E-state index >= 15 is 0 Å². The van der Waals surface area contributed by atoms with Crippen LogP contribution in [0, 0.1) is 6.92 Å². The standard InChI is InChI=1S/C19H22O/c1-14(2)17-11-6-16(7-12-17)8-13-19(20)18-9-4-15(3)5-10-18/h4-7,9-12,14H,8,13H2,1-3H3. The van der Waals surface area contributed by atoms with E-state index in [1.165, 1.54) is 16.7 Å². The lowest BCUT2D eigenvalue weighted by Crippen LogP contribution is -2.01. The molecule has 104 valence electrons. The fraction of sp³-hybridized carbons (Fsp3) is 0.316. The van der Waals surface area contributed by atoms with E-state index in [0.717, 1.165) is 12.0 Å². The van der Waals surface area contributed by atoms with Crippen molar-refractivity contribution in [2.24, 2.45) is 0 Å². The topological polar surface area (TPSA) is 17.1 Å². The minimum Gasteiger partial charge on any atom is -0.294 e. The Bertz CT molecular complexity index is 562. The van der Waals surface area contributed by atoms with Crippen LogP contribution in [0.1, 0.15) is 53.2 Å². The number of hydrogen-bond acceptors (Lipinski definition) is 1. The molecule has 20 heavy (non-hydrogen) atoms. The molecule has 0 saturated carbocycles. The minimum atomic E-state index is 0.220. The summed E-state index contributed by atoms with van der Waals surface area (Å²) < 4.78 is 0. The summed E-state index contributed by atoms with van der Waals surface area (Å²) in [5.74, 6) is 0.774. The van der Waals surface area contributed by atoms with E-state index < -0.39 is 0 Å². The molecule has 0 atom stereocenters. The van der Waals surface area contributed by atoms with Crippen molar-refractivity contribution in [1.29, 1.82) is 0 Å². The average molecular weight is 266 g/mol. The van der Waals surface area contributed by atoms with Gasteiger partial charge in [-0.1, -0.05) is 67.9 Å². The summed E-state index contributed by atoms with van der Waals surface area (Å²) in [4.78, 5) is 12.1. The van der Waals surface area contributed by atoms with E-state index in [9.17, 15) is 4.79 Å². The number of benzene rings is 2. The lowest BCUT2D eigenvalue weighted by molar-refractivity contribution is 0.0983. The Morgan fingerprint density at radius 3 is 2.10 bits per heavy atom. The lowest BCUT2D eigenvalue weighted by Gasteiger charge is -2.07. The number of aryl methyl sites for hydroxylation is 2. The van der Waals surface area contributed by atoms with Crippen LogP contribution in [0.4, 0.5) is 0 Å². The molecule has 0 aliphatic rings. The summed E-state index contributed by atoms with van der Waals surface area (Å²) in [5.41, 5.74) is 4.58. The van der Waals surface area contributed by atoms with Crippen molar-refractivity contribution in [3.05, 3.63) is 70.8 Å². The highest BCUT2D eigenvalue weighted by Gasteiger charge is 2.06. The molecular weight excluding hydrogens is 244 g/mol. The maximum atomic E-state index is 12.1. The number of rotatable bonds is 5. The first-order valence-electron chi connectivity index (χ1n) is 7.25. The average Bonchev–Trinajstić information content (AvgIpc) is 2.46. The van der Waals surface area contributed by atoms with Crippen molar-refractivity contribution in [3.8, 4) is 0 Å². The highest BCUT2D eigenvalue weighted by atomic mass is 16.1. The first-order chi connectivity index (χ1) is 9.56. The summed E-state index contributed by atoms with van der Waals surface area (Å²) >= 11 is 0. The van der Waals surface area contributed by atoms with Crippen molar-refractivity contribution in [3.63, 3.8) is 0 Å². The minimum absolute atomic E-state index is 0.220. The summed E-state index contributed by atoms with van der Waals surface area (Å²) in [5, 5.41) is 0. The molecule has 2 aromatic carbocycles. The van der Waals surface area contributed by atoms with Crippen LogP contribution in [0.15, 0.2) is 48.5 Å². The fourth-order valence-corrected chi connectivity index (χ4v) is 2.21. The van der Waals surface area contributed by atoms with E-state index in [4.69, 9.17) is 0 Å². The molecule has 0 unspecified atom stereocenters. The van der Waals surface area contributed by atoms with Crippen LogP contribution in [0.25, 0.3) is 0 Å². The van der Waals surface area contributed by atoms with Crippen LogP contribution in [0.5, 0.6) is 0 Å². The van der Waals surface area contributed by atoms with Gasteiger partial charge in [-0.15, -0.1) is 0 Å². The van der Waals surface area contributed by atoms with Crippen molar-refractivity contribution >= 4 is 5.78 Å². The smallest absolute Gasteiger partial charge is 0.163 e. The summed E-state index contributed by atoms with van der Waals surface area (Å²) in [7, 11) is 0. The number of ketones is 1. The van der Waals surface area contributed by atoms with Crippen LogP contribution < -0.4 is 0 Å². The van der Waals surface area contributed by atoms with Crippen LogP contribution in [-0.4, -0.2) is 5.78 Å². The van der Waals surface area contributed by atoms with E-state index in [1.807, 2.05) is 31.2 Å². The highest BCUT2D eigenvalue weighted by Crippen LogP contribution is 2.16. The summed E-state index contributed by atoms with van der Waals surface area (Å²) in [6.45, 7) is 6.41. The van der Waals surface area contributed by atoms with Crippen molar-refractivity contribution in [2.75, 3.05) is 0 Å². The van der Waals surface area contributed by atoms with Crippen LogP contribution in [0.3, 0.4) is 0 Å². The molecule has 2 aromatic rings. The van der Waals surface area contributed by atoms with Gasteiger partial charge in [0.2, 0.25) is 0 Å². The third-order valence-corrected chi connectivity index (χ3v) is 3.66. The Morgan fingerprint density at radius 1 is 0.950 bits per heavy atom. The molecule has 0 aliphatic heterocycles. The van der Waals surface area contributed by atoms with Gasteiger partial charge in [0, 0.05) is 12.0 Å². The molecule has 0 bridgehead atoms. The second-order valence-corrected chi connectivity index (χ2v) is 5.69. The van der Waals surface area contributed by atoms with Gasteiger partial charge in [0.1, 0.15) is 0 Å². The van der Waals surface area contributed by atoms with Crippen LogP contribution in [0.2, 0.25) is 0 Å². The Kier molecular flexibility index (Phi) is 4.73. The summed E-state index contributed by atoms with van der Waals surface area (Å²) in [6.07, 6.45) is 1.38. The van der Waals surface area contributed by atoms with Crippen molar-refractivity contribution in [2.45, 2.75) is 39.5 Å². The molecular formula is C19H22O. The predicted octanol–water partition coefficient (Wildman–Crippen LogP) is 4.93. The van der Waals surface area contributed by atoms with Gasteiger partial charge >= 0.3 is 0 Å². The third kappa shape index (κ3) is 3.80. The molecule has 1 heteroatoms. The molecule has 2 rings (SSSR count). The molecule has 0 aromatic heterocycles. The Labute approximate surface area is 121 Å². The Balaban J connectivity index is 1.94.